The number of aryl methyl sites for hydroxylation is 3. The van der Waals surface area contributed by atoms with E-state index in [0.29, 0.717) is 11.7 Å². The van der Waals surface area contributed by atoms with Crippen LogP contribution in [0.5, 0.6) is 5.75 Å². The van der Waals surface area contributed by atoms with Crippen LogP contribution in [0.25, 0.3) is 12.2 Å². The number of benzene rings is 3. The minimum absolute atomic E-state index is 0.450. The van der Waals surface area contributed by atoms with Gasteiger partial charge in [-0.3, -0.25) is 0 Å². The lowest BCUT2D eigenvalue weighted by atomic mass is 9.79. The van der Waals surface area contributed by atoms with E-state index < -0.39 is 0 Å². The third-order valence-corrected chi connectivity index (χ3v) is 9.33. The molecule has 0 spiro atoms. The van der Waals surface area contributed by atoms with E-state index in [1.54, 1.807) is 0 Å². The molecular formula is C39H48O. The van der Waals surface area contributed by atoms with Gasteiger partial charge in [0.15, 0.2) is 0 Å². The molecule has 0 fully saturated rings. The molecule has 0 heterocycles. The van der Waals surface area contributed by atoms with Crippen molar-refractivity contribution in [2.75, 3.05) is 0 Å². The molecule has 0 aliphatic heterocycles. The van der Waals surface area contributed by atoms with Crippen LogP contribution >= 0.6 is 0 Å². The number of rotatable bonds is 12. The molecule has 2 aliphatic carbocycles. The van der Waals surface area contributed by atoms with E-state index in [1.807, 2.05) is 6.07 Å². The fraction of sp³-hybridized carbons (Fsp3) is 0.436. The molecule has 0 saturated carbocycles. The van der Waals surface area contributed by atoms with Gasteiger partial charge < -0.3 is 5.11 Å². The van der Waals surface area contributed by atoms with Gasteiger partial charge in [-0.25, -0.2) is 0 Å². The summed E-state index contributed by atoms with van der Waals surface area (Å²) in [7, 11) is 0. The third kappa shape index (κ3) is 7.36. The topological polar surface area (TPSA) is 20.2 Å². The first-order valence-corrected chi connectivity index (χ1v) is 16.0. The molecule has 1 N–H and O–H groups in total. The van der Waals surface area contributed by atoms with Gasteiger partial charge >= 0.3 is 0 Å². The van der Waals surface area contributed by atoms with Gasteiger partial charge in [0.1, 0.15) is 5.75 Å². The monoisotopic (exact) mass is 532 g/mol. The van der Waals surface area contributed by atoms with Gasteiger partial charge in [-0.05, 0) is 108 Å². The van der Waals surface area contributed by atoms with Crippen LogP contribution < -0.4 is 10.4 Å². The van der Waals surface area contributed by atoms with Crippen LogP contribution in [0.2, 0.25) is 0 Å². The molecule has 0 amide bonds. The van der Waals surface area contributed by atoms with Crippen molar-refractivity contribution in [1.82, 2.24) is 0 Å². The molecule has 1 heteroatoms. The minimum atomic E-state index is 0.450. The fourth-order valence-corrected chi connectivity index (χ4v) is 6.92. The average Bonchev–Trinajstić information content (AvgIpc) is 3.19. The molecule has 3 aromatic carbocycles. The number of allylic oxidation sites excluding steroid dienone is 2. The van der Waals surface area contributed by atoms with Gasteiger partial charge in [-0.1, -0.05) is 118 Å². The molecule has 0 radical (unpaired) electrons. The Morgan fingerprint density at radius 3 is 2.48 bits per heavy atom. The number of phenolic OH excluding ortho intramolecular Hbond substituents is 1. The van der Waals surface area contributed by atoms with E-state index in [9.17, 15) is 5.11 Å². The largest absolute Gasteiger partial charge is 0.508 e. The van der Waals surface area contributed by atoms with Crippen LogP contribution in [0, 0.1) is 5.92 Å². The standard InChI is InChI=1S/C39H48O/c1-3-9-29(2)10-4-5-11-30-16-18-31(19-17-30)20-21-32-22-24-34-25-27-39(40)38(37(34)26-23-32)28-35-14-8-13-33-12-6-7-15-36(33)35/h6-7,12,15-19,22,24-27,29,35,40H,3-5,8-11,13-14,20-21,23,28H2,1-2H3. The summed E-state index contributed by atoms with van der Waals surface area (Å²) in [6.07, 6.45) is 22.5. The molecule has 5 rings (SSSR count). The number of unbranched alkanes of at least 4 members (excludes halogenated alkanes) is 1. The quantitative estimate of drug-likeness (QED) is 0.231. The second kappa shape index (κ2) is 14.0. The summed E-state index contributed by atoms with van der Waals surface area (Å²) in [5.74, 6) is 1.81. The van der Waals surface area contributed by atoms with Crippen LogP contribution in [0.4, 0.5) is 0 Å². The zero-order valence-electron chi connectivity index (χ0n) is 24.8. The van der Waals surface area contributed by atoms with E-state index in [1.165, 1.54) is 96.1 Å². The highest BCUT2D eigenvalue weighted by molar-refractivity contribution is 5.52. The molecule has 40 heavy (non-hydrogen) atoms. The number of phenols is 1. The number of hydrogen-bond acceptors (Lipinski definition) is 1. The smallest absolute Gasteiger partial charge is 0.119 e. The predicted molar refractivity (Wildman–Crippen MR) is 171 cm³/mol. The Kier molecular flexibility index (Phi) is 9.98. The van der Waals surface area contributed by atoms with Crippen molar-refractivity contribution in [2.24, 2.45) is 5.92 Å². The second-order valence-corrected chi connectivity index (χ2v) is 12.4. The number of hydrogen-bond donors (Lipinski definition) is 1. The Hall–Kier alpha value is -3.06. The Bertz CT molecular complexity index is 1410. The first-order chi connectivity index (χ1) is 19.6. The highest BCUT2D eigenvalue weighted by Gasteiger charge is 2.22. The zero-order chi connectivity index (χ0) is 27.7. The van der Waals surface area contributed by atoms with E-state index >= 15 is 0 Å². The van der Waals surface area contributed by atoms with Crippen molar-refractivity contribution < 1.29 is 5.11 Å². The SMILES string of the molecule is CCCC(C)CCCCc1ccc(CCC2=CC=c3ccc(O)c(CC4CCCc5ccccc54)c3=CC2)cc1. The van der Waals surface area contributed by atoms with Crippen LogP contribution in [0.1, 0.15) is 105 Å². The highest BCUT2D eigenvalue weighted by Crippen LogP contribution is 2.34. The minimum Gasteiger partial charge on any atom is -0.508 e. The van der Waals surface area contributed by atoms with Gasteiger partial charge in [-0.15, -0.1) is 0 Å². The van der Waals surface area contributed by atoms with Crippen molar-refractivity contribution in [1.29, 1.82) is 0 Å². The summed E-state index contributed by atoms with van der Waals surface area (Å²) in [4.78, 5) is 0. The first-order valence-electron chi connectivity index (χ1n) is 16.0. The van der Waals surface area contributed by atoms with Crippen LogP contribution in [0.3, 0.4) is 0 Å². The lowest BCUT2D eigenvalue weighted by Gasteiger charge is -2.26. The molecule has 2 unspecified atom stereocenters. The number of aromatic hydroxyl groups is 1. The normalized spacial score (nSPS) is 17.1. The third-order valence-electron chi connectivity index (χ3n) is 9.33. The molecule has 0 bridgehead atoms. The summed E-state index contributed by atoms with van der Waals surface area (Å²) in [6.45, 7) is 4.69. The Morgan fingerprint density at radius 2 is 1.65 bits per heavy atom. The highest BCUT2D eigenvalue weighted by atomic mass is 16.3. The summed E-state index contributed by atoms with van der Waals surface area (Å²) in [5, 5.41) is 13.4. The maximum Gasteiger partial charge on any atom is 0.119 e. The van der Waals surface area contributed by atoms with Crippen molar-refractivity contribution in [2.45, 2.75) is 103 Å². The molecule has 2 aliphatic rings. The molecule has 1 nitrogen and oxygen atoms in total. The molecule has 210 valence electrons. The van der Waals surface area contributed by atoms with Gasteiger partial charge in [0.2, 0.25) is 0 Å². The van der Waals surface area contributed by atoms with Crippen molar-refractivity contribution in [3.63, 3.8) is 0 Å². The second-order valence-electron chi connectivity index (χ2n) is 12.4. The predicted octanol–water partition coefficient (Wildman–Crippen LogP) is 8.73. The van der Waals surface area contributed by atoms with Gasteiger partial charge in [0, 0.05) is 5.56 Å². The summed E-state index contributed by atoms with van der Waals surface area (Å²) in [6, 6.07) is 22.3. The zero-order valence-corrected chi connectivity index (χ0v) is 24.8. The number of fused-ring (bicyclic) bond motifs is 2. The van der Waals surface area contributed by atoms with Crippen molar-refractivity contribution in [3.05, 3.63) is 111 Å². The van der Waals surface area contributed by atoms with E-state index in [2.05, 4.69) is 86.7 Å². The summed E-state index contributed by atoms with van der Waals surface area (Å²) in [5.41, 5.74) is 8.47. The van der Waals surface area contributed by atoms with Gasteiger partial charge in [-0.2, -0.15) is 0 Å². The van der Waals surface area contributed by atoms with Crippen molar-refractivity contribution in [3.8, 4) is 5.75 Å². The lowest BCUT2D eigenvalue weighted by molar-refractivity contribution is 0.458. The maximum absolute atomic E-state index is 10.9. The molecular weight excluding hydrogens is 484 g/mol. The van der Waals surface area contributed by atoms with Gasteiger partial charge in [0.05, 0.1) is 0 Å². The molecule has 0 saturated heterocycles. The Labute approximate surface area is 242 Å². The lowest BCUT2D eigenvalue weighted by Crippen LogP contribution is -2.29. The van der Waals surface area contributed by atoms with Crippen molar-refractivity contribution >= 4 is 12.2 Å². The first kappa shape index (κ1) is 28.5. The van der Waals surface area contributed by atoms with E-state index in [0.717, 1.165) is 37.2 Å². The fourth-order valence-electron chi connectivity index (χ4n) is 6.92. The maximum atomic E-state index is 10.9. The van der Waals surface area contributed by atoms with E-state index in [-0.39, 0.29) is 0 Å². The molecule has 2 atom stereocenters. The average molecular weight is 533 g/mol. The van der Waals surface area contributed by atoms with Gasteiger partial charge in [0.25, 0.3) is 0 Å². The summed E-state index contributed by atoms with van der Waals surface area (Å²) < 4.78 is 0. The van der Waals surface area contributed by atoms with Crippen LogP contribution in [-0.2, 0) is 25.7 Å². The summed E-state index contributed by atoms with van der Waals surface area (Å²) >= 11 is 0. The van der Waals surface area contributed by atoms with Crippen LogP contribution in [0.15, 0.2) is 72.3 Å². The molecule has 0 aromatic heterocycles. The molecule has 3 aromatic rings. The Balaban J connectivity index is 1.19. The van der Waals surface area contributed by atoms with E-state index in [4.69, 9.17) is 0 Å². The Morgan fingerprint density at radius 1 is 0.850 bits per heavy atom. The van der Waals surface area contributed by atoms with Crippen LogP contribution in [-0.4, -0.2) is 5.11 Å².